The van der Waals surface area contributed by atoms with Crippen LogP contribution in [0.3, 0.4) is 0 Å². The van der Waals surface area contributed by atoms with Crippen molar-refractivity contribution in [1.82, 2.24) is 10.6 Å². The van der Waals surface area contributed by atoms with E-state index in [1.807, 2.05) is 11.8 Å². The maximum absolute atomic E-state index is 11.7. The lowest BCUT2D eigenvalue weighted by molar-refractivity contribution is -0.121. The van der Waals surface area contributed by atoms with Crippen LogP contribution in [0, 0.1) is 0 Å². The quantitative estimate of drug-likeness (QED) is 0.829. The number of nitrogens with one attached hydrogen (secondary N) is 2. The predicted molar refractivity (Wildman–Crippen MR) is 77.3 cm³/mol. The van der Waals surface area contributed by atoms with Crippen molar-refractivity contribution < 1.29 is 14.3 Å². The molecule has 19 heavy (non-hydrogen) atoms. The third-order valence-corrected chi connectivity index (χ3v) is 3.66. The molecular formula is C13H24N2O3S. The molecule has 1 heterocycles. The van der Waals surface area contributed by atoms with Crippen molar-refractivity contribution in [1.29, 1.82) is 0 Å². The standard InChI is InChI=1S/C13H24N2O3S/c1-13(2,3)18-12(17)14-7-4-11(16)15-10-5-8-19-9-6-10/h10H,4-9H2,1-3H3,(H,14,17)(H,15,16). The minimum Gasteiger partial charge on any atom is -0.444 e. The van der Waals surface area contributed by atoms with Gasteiger partial charge >= 0.3 is 6.09 Å². The molecule has 1 aliphatic rings. The van der Waals surface area contributed by atoms with Crippen molar-refractivity contribution >= 4 is 23.8 Å². The third-order valence-electron chi connectivity index (χ3n) is 2.61. The smallest absolute Gasteiger partial charge is 0.407 e. The average Bonchev–Trinajstić information content (AvgIpc) is 2.27. The van der Waals surface area contributed by atoms with Gasteiger partial charge in [0, 0.05) is 19.0 Å². The van der Waals surface area contributed by atoms with E-state index in [-0.39, 0.29) is 5.91 Å². The summed E-state index contributed by atoms with van der Waals surface area (Å²) in [5.41, 5.74) is -0.508. The molecule has 6 heteroatoms. The molecule has 0 bridgehead atoms. The zero-order chi connectivity index (χ0) is 14.3. The van der Waals surface area contributed by atoms with Gasteiger partial charge in [-0.2, -0.15) is 11.8 Å². The second-order valence-corrected chi connectivity index (χ2v) is 6.86. The van der Waals surface area contributed by atoms with E-state index in [9.17, 15) is 9.59 Å². The molecule has 0 atom stereocenters. The summed E-state index contributed by atoms with van der Waals surface area (Å²) in [6.45, 7) is 5.73. The number of carbonyl (C=O) groups excluding carboxylic acids is 2. The number of ether oxygens (including phenoxy) is 1. The summed E-state index contributed by atoms with van der Waals surface area (Å²) in [6.07, 6.45) is 1.89. The number of amides is 2. The summed E-state index contributed by atoms with van der Waals surface area (Å²) in [5.74, 6) is 2.22. The van der Waals surface area contributed by atoms with E-state index >= 15 is 0 Å². The van der Waals surface area contributed by atoms with Crippen LogP contribution in [0.5, 0.6) is 0 Å². The summed E-state index contributed by atoms with van der Waals surface area (Å²) in [5, 5.41) is 5.58. The highest BCUT2D eigenvalue weighted by molar-refractivity contribution is 7.99. The average molecular weight is 288 g/mol. The lowest BCUT2D eigenvalue weighted by atomic mass is 10.1. The Morgan fingerprint density at radius 3 is 2.47 bits per heavy atom. The molecule has 1 rings (SSSR count). The zero-order valence-electron chi connectivity index (χ0n) is 12.0. The molecular weight excluding hydrogens is 264 g/mol. The van der Waals surface area contributed by atoms with Gasteiger partial charge in [0.15, 0.2) is 0 Å². The van der Waals surface area contributed by atoms with Crippen LogP contribution in [0.25, 0.3) is 0 Å². The number of carbonyl (C=O) groups is 2. The van der Waals surface area contributed by atoms with Crippen molar-refractivity contribution in [2.45, 2.75) is 51.7 Å². The number of alkyl carbamates (subject to hydrolysis) is 1. The van der Waals surface area contributed by atoms with Crippen LogP contribution in [-0.4, -0.2) is 41.7 Å². The number of rotatable bonds is 4. The third kappa shape index (κ3) is 7.97. The van der Waals surface area contributed by atoms with Crippen LogP contribution in [0.1, 0.15) is 40.0 Å². The second-order valence-electron chi connectivity index (χ2n) is 5.63. The first-order valence-electron chi connectivity index (χ1n) is 6.71. The highest BCUT2D eigenvalue weighted by Gasteiger charge is 2.17. The fraction of sp³-hybridized carbons (Fsp3) is 0.846. The Morgan fingerprint density at radius 1 is 1.26 bits per heavy atom. The summed E-state index contributed by atoms with van der Waals surface area (Å²) in [7, 11) is 0. The molecule has 1 saturated heterocycles. The highest BCUT2D eigenvalue weighted by Crippen LogP contribution is 2.16. The molecule has 0 radical (unpaired) electrons. The monoisotopic (exact) mass is 288 g/mol. The minimum absolute atomic E-state index is 0.00652. The molecule has 2 amide bonds. The maximum atomic E-state index is 11.7. The Bertz CT molecular complexity index is 310. The van der Waals surface area contributed by atoms with E-state index in [0.29, 0.717) is 19.0 Å². The topological polar surface area (TPSA) is 67.4 Å². The van der Waals surface area contributed by atoms with Gasteiger partial charge in [-0.25, -0.2) is 4.79 Å². The molecule has 1 aliphatic heterocycles. The maximum Gasteiger partial charge on any atom is 0.407 e. The highest BCUT2D eigenvalue weighted by atomic mass is 32.2. The summed E-state index contributed by atoms with van der Waals surface area (Å²) < 4.78 is 5.08. The lowest BCUT2D eigenvalue weighted by Gasteiger charge is -2.22. The van der Waals surface area contributed by atoms with Crippen molar-refractivity contribution in [2.75, 3.05) is 18.1 Å². The first-order valence-corrected chi connectivity index (χ1v) is 7.86. The number of hydrogen-bond acceptors (Lipinski definition) is 4. The van der Waals surface area contributed by atoms with Crippen LogP contribution < -0.4 is 10.6 Å². The van der Waals surface area contributed by atoms with E-state index in [1.165, 1.54) is 0 Å². The second kappa shape index (κ2) is 7.62. The van der Waals surface area contributed by atoms with Gasteiger partial charge < -0.3 is 15.4 Å². The molecule has 0 aliphatic carbocycles. The summed E-state index contributed by atoms with van der Waals surface area (Å²) >= 11 is 1.93. The van der Waals surface area contributed by atoms with E-state index < -0.39 is 11.7 Å². The first-order chi connectivity index (χ1) is 8.87. The molecule has 110 valence electrons. The van der Waals surface area contributed by atoms with Crippen molar-refractivity contribution in [3.63, 3.8) is 0 Å². The van der Waals surface area contributed by atoms with E-state index in [1.54, 1.807) is 20.8 Å². The lowest BCUT2D eigenvalue weighted by Crippen LogP contribution is -2.39. The molecule has 0 saturated carbocycles. The zero-order valence-corrected chi connectivity index (χ0v) is 12.8. The normalized spacial score (nSPS) is 16.8. The molecule has 0 aromatic carbocycles. The Labute approximate surface area is 119 Å². The van der Waals surface area contributed by atoms with E-state index in [0.717, 1.165) is 24.3 Å². The van der Waals surface area contributed by atoms with Gasteiger partial charge in [-0.1, -0.05) is 0 Å². The molecule has 1 fully saturated rings. The van der Waals surface area contributed by atoms with Gasteiger partial charge in [0.05, 0.1) is 0 Å². The summed E-state index contributed by atoms with van der Waals surface area (Å²) in [6, 6.07) is 0.301. The predicted octanol–water partition coefficient (Wildman–Crippen LogP) is 1.91. The first kappa shape index (κ1) is 16.1. The van der Waals surface area contributed by atoms with Crippen LogP contribution >= 0.6 is 11.8 Å². The van der Waals surface area contributed by atoms with Crippen molar-refractivity contribution in [2.24, 2.45) is 0 Å². The van der Waals surface area contributed by atoms with Crippen LogP contribution in [-0.2, 0) is 9.53 Å². The number of thioether (sulfide) groups is 1. The fourth-order valence-electron chi connectivity index (χ4n) is 1.73. The molecule has 0 aromatic heterocycles. The Hall–Kier alpha value is -0.910. The van der Waals surface area contributed by atoms with E-state index in [4.69, 9.17) is 4.74 Å². The Morgan fingerprint density at radius 2 is 1.89 bits per heavy atom. The van der Waals surface area contributed by atoms with Gasteiger partial charge in [-0.05, 0) is 45.1 Å². The van der Waals surface area contributed by atoms with Gasteiger partial charge in [0.2, 0.25) is 5.91 Å². The molecule has 0 spiro atoms. The fourth-order valence-corrected chi connectivity index (χ4v) is 2.84. The molecule has 5 nitrogen and oxygen atoms in total. The molecule has 0 aromatic rings. The van der Waals surface area contributed by atoms with Gasteiger partial charge in [-0.3, -0.25) is 4.79 Å². The van der Waals surface area contributed by atoms with Crippen LogP contribution in [0.2, 0.25) is 0 Å². The Balaban J connectivity index is 2.11. The van der Waals surface area contributed by atoms with Crippen LogP contribution in [0.15, 0.2) is 0 Å². The molecule has 2 N–H and O–H groups in total. The van der Waals surface area contributed by atoms with Gasteiger partial charge in [-0.15, -0.1) is 0 Å². The number of hydrogen-bond donors (Lipinski definition) is 2. The minimum atomic E-state index is -0.508. The summed E-state index contributed by atoms with van der Waals surface area (Å²) in [4.78, 5) is 23.0. The van der Waals surface area contributed by atoms with Gasteiger partial charge in [0.1, 0.15) is 5.60 Å². The largest absolute Gasteiger partial charge is 0.444 e. The SMILES string of the molecule is CC(C)(C)OC(=O)NCCC(=O)NC1CCSCC1. The molecule has 0 unspecified atom stereocenters. The van der Waals surface area contributed by atoms with E-state index in [2.05, 4.69) is 10.6 Å². The van der Waals surface area contributed by atoms with Crippen molar-refractivity contribution in [3.8, 4) is 0 Å². The van der Waals surface area contributed by atoms with Crippen molar-refractivity contribution in [3.05, 3.63) is 0 Å². The van der Waals surface area contributed by atoms with Gasteiger partial charge in [0.25, 0.3) is 0 Å². The van der Waals surface area contributed by atoms with Crippen LogP contribution in [0.4, 0.5) is 4.79 Å². The Kier molecular flexibility index (Phi) is 6.48.